The first-order valence-electron chi connectivity index (χ1n) is 10.5. The van der Waals surface area contributed by atoms with Crippen LogP contribution in [0.4, 0.5) is 5.69 Å². The minimum Gasteiger partial charge on any atom is -0.495 e. The summed E-state index contributed by atoms with van der Waals surface area (Å²) in [5, 5.41) is 3.23. The summed E-state index contributed by atoms with van der Waals surface area (Å²) < 4.78 is 31.8. The average molecular weight is 530 g/mol. The zero-order chi connectivity index (χ0) is 25.6. The number of carbonyl (C=O) groups excluding carboxylic acids is 2. The molecule has 0 saturated carbocycles. The Balaban J connectivity index is 2.52. The number of likely N-dealkylation sites (N-methyl/N-ethyl adjacent to an activating group) is 1. The molecule has 2 amide bonds. The van der Waals surface area contributed by atoms with Gasteiger partial charge in [-0.05, 0) is 48.7 Å². The first-order valence-corrected chi connectivity index (χ1v) is 13.1. The molecule has 0 aliphatic carbocycles. The molecule has 0 aliphatic rings. The van der Waals surface area contributed by atoms with Crippen molar-refractivity contribution in [3.05, 3.63) is 57.6 Å². The first-order chi connectivity index (χ1) is 15.9. The van der Waals surface area contributed by atoms with Crippen molar-refractivity contribution < 1.29 is 22.7 Å². The van der Waals surface area contributed by atoms with Crippen LogP contribution in [0.25, 0.3) is 0 Å². The molecular weight excluding hydrogens is 501 g/mol. The molecule has 1 atom stereocenters. The van der Waals surface area contributed by atoms with E-state index in [9.17, 15) is 18.0 Å². The minimum atomic E-state index is -3.87. The molecule has 11 heteroatoms. The van der Waals surface area contributed by atoms with E-state index in [4.69, 9.17) is 27.9 Å². The van der Waals surface area contributed by atoms with Crippen LogP contribution in [0.3, 0.4) is 0 Å². The highest BCUT2D eigenvalue weighted by Crippen LogP contribution is 2.31. The van der Waals surface area contributed by atoms with Crippen LogP contribution >= 0.6 is 23.2 Å². The second-order valence-electron chi connectivity index (χ2n) is 7.75. The lowest BCUT2D eigenvalue weighted by molar-refractivity contribution is -0.140. The molecule has 2 rings (SSSR count). The second-order valence-corrected chi connectivity index (χ2v) is 10.5. The standard InChI is InChI=1S/C23H29Cl2N3O5S/c1-6-19(23(30)26-3)27(13-16-8-9-17(24)18(25)12-16)22(29)14-28(34(5,31)32)20-11-15(2)7-10-21(20)33-4/h7-12,19H,6,13-14H2,1-5H3,(H,26,30)/t19-/m1/s1. The molecule has 2 aromatic carbocycles. The van der Waals surface area contributed by atoms with Crippen LogP contribution in [0.1, 0.15) is 24.5 Å². The summed E-state index contributed by atoms with van der Waals surface area (Å²) in [6.45, 7) is 3.09. The van der Waals surface area contributed by atoms with Crippen molar-refractivity contribution in [1.82, 2.24) is 10.2 Å². The number of sulfonamides is 1. The van der Waals surface area contributed by atoms with Gasteiger partial charge in [-0.25, -0.2) is 8.42 Å². The number of ether oxygens (including phenoxy) is 1. The van der Waals surface area contributed by atoms with Gasteiger partial charge in [0.15, 0.2) is 0 Å². The third-order valence-corrected chi connectivity index (χ3v) is 7.12. The van der Waals surface area contributed by atoms with Gasteiger partial charge in [-0.15, -0.1) is 0 Å². The van der Waals surface area contributed by atoms with Crippen LogP contribution in [-0.2, 0) is 26.2 Å². The number of nitrogens with zero attached hydrogens (tertiary/aromatic N) is 2. The molecule has 0 saturated heterocycles. The van der Waals surface area contributed by atoms with Crippen molar-refractivity contribution in [2.45, 2.75) is 32.9 Å². The van der Waals surface area contributed by atoms with Gasteiger partial charge in [0.25, 0.3) is 0 Å². The minimum absolute atomic E-state index is 0.0319. The molecule has 0 unspecified atom stereocenters. The van der Waals surface area contributed by atoms with E-state index in [1.54, 1.807) is 50.2 Å². The van der Waals surface area contributed by atoms with Crippen LogP contribution < -0.4 is 14.4 Å². The monoisotopic (exact) mass is 529 g/mol. The number of hydrogen-bond donors (Lipinski definition) is 1. The molecule has 0 spiro atoms. The Morgan fingerprint density at radius 3 is 2.32 bits per heavy atom. The molecule has 8 nitrogen and oxygen atoms in total. The molecule has 0 aromatic heterocycles. The largest absolute Gasteiger partial charge is 0.495 e. The smallest absolute Gasteiger partial charge is 0.244 e. The summed E-state index contributed by atoms with van der Waals surface area (Å²) in [4.78, 5) is 27.5. The van der Waals surface area contributed by atoms with E-state index in [0.29, 0.717) is 27.8 Å². The second kappa shape index (κ2) is 11.8. The lowest BCUT2D eigenvalue weighted by Gasteiger charge is -2.33. The Morgan fingerprint density at radius 2 is 1.79 bits per heavy atom. The van der Waals surface area contributed by atoms with Crippen molar-refractivity contribution >= 4 is 50.7 Å². The highest BCUT2D eigenvalue weighted by atomic mass is 35.5. The third-order valence-electron chi connectivity index (χ3n) is 5.25. The molecule has 0 radical (unpaired) electrons. The number of benzene rings is 2. The van der Waals surface area contributed by atoms with Gasteiger partial charge in [-0.3, -0.25) is 13.9 Å². The summed E-state index contributed by atoms with van der Waals surface area (Å²) in [5.41, 5.74) is 1.67. The normalized spacial score (nSPS) is 12.1. The summed E-state index contributed by atoms with van der Waals surface area (Å²) in [6, 6.07) is 9.13. The maximum Gasteiger partial charge on any atom is 0.244 e. The summed E-state index contributed by atoms with van der Waals surface area (Å²) in [6.07, 6.45) is 1.33. The predicted octanol–water partition coefficient (Wildman–Crippen LogP) is 3.63. The van der Waals surface area contributed by atoms with Crippen molar-refractivity contribution in [2.24, 2.45) is 0 Å². The maximum absolute atomic E-state index is 13.6. The van der Waals surface area contributed by atoms with Gasteiger partial charge in [-0.1, -0.05) is 42.3 Å². The summed E-state index contributed by atoms with van der Waals surface area (Å²) in [7, 11) is -0.971. The Labute approximate surface area is 210 Å². The number of rotatable bonds is 10. The number of methoxy groups -OCH3 is 1. The van der Waals surface area contributed by atoms with Gasteiger partial charge in [0.2, 0.25) is 21.8 Å². The van der Waals surface area contributed by atoms with Gasteiger partial charge in [-0.2, -0.15) is 0 Å². The molecule has 0 fully saturated rings. The molecule has 2 aromatic rings. The number of amides is 2. The van der Waals surface area contributed by atoms with Gasteiger partial charge >= 0.3 is 0 Å². The van der Waals surface area contributed by atoms with Crippen LogP contribution in [0.5, 0.6) is 5.75 Å². The lowest BCUT2D eigenvalue weighted by Crippen LogP contribution is -2.51. The van der Waals surface area contributed by atoms with Gasteiger partial charge < -0.3 is 15.0 Å². The van der Waals surface area contributed by atoms with Crippen LogP contribution in [0, 0.1) is 6.92 Å². The molecule has 0 aliphatic heterocycles. The topological polar surface area (TPSA) is 96.0 Å². The van der Waals surface area contributed by atoms with E-state index in [-0.39, 0.29) is 18.1 Å². The third kappa shape index (κ3) is 6.77. The average Bonchev–Trinajstić information content (AvgIpc) is 2.78. The Hall–Kier alpha value is -2.49. The van der Waals surface area contributed by atoms with Gasteiger partial charge in [0.05, 0.1) is 29.1 Å². The van der Waals surface area contributed by atoms with Crippen LogP contribution in [-0.4, -0.2) is 58.1 Å². The maximum atomic E-state index is 13.6. The van der Waals surface area contributed by atoms with Gasteiger partial charge in [0, 0.05) is 13.6 Å². The van der Waals surface area contributed by atoms with E-state index in [1.807, 2.05) is 0 Å². The van der Waals surface area contributed by atoms with Crippen molar-refractivity contribution in [3.8, 4) is 5.75 Å². The summed E-state index contributed by atoms with van der Waals surface area (Å²) in [5.74, 6) is -0.622. The quantitative estimate of drug-likeness (QED) is 0.506. The molecule has 1 N–H and O–H groups in total. The summed E-state index contributed by atoms with van der Waals surface area (Å²) >= 11 is 12.1. The number of halogens is 2. The van der Waals surface area contributed by atoms with Gasteiger partial charge in [0.1, 0.15) is 18.3 Å². The molecule has 0 bridgehead atoms. The first kappa shape index (κ1) is 27.8. The zero-order valence-corrected chi connectivity index (χ0v) is 22.1. The highest BCUT2D eigenvalue weighted by molar-refractivity contribution is 7.92. The van der Waals surface area contributed by atoms with Crippen molar-refractivity contribution in [2.75, 3.05) is 31.3 Å². The lowest BCUT2D eigenvalue weighted by atomic mass is 10.1. The number of aryl methyl sites for hydroxylation is 1. The fourth-order valence-corrected chi connectivity index (χ4v) is 4.68. The number of hydrogen-bond acceptors (Lipinski definition) is 5. The van der Waals surface area contributed by atoms with E-state index < -0.39 is 28.5 Å². The van der Waals surface area contributed by atoms with Crippen molar-refractivity contribution in [3.63, 3.8) is 0 Å². The van der Waals surface area contributed by atoms with E-state index in [0.717, 1.165) is 16.1 Å². The fraction of sp³-hybridized carbons (Fsp3) is 0.391. The number of carbonyl (C=O) groups is 2. The predicted molar refractivity (Wildman–Crippen MR) is 135 cm³/mol. The van der Waals surface area contributed by atoms with E-state index in [2.05, 4.69) is 5.32 Å². The molecular formula is C23H29Cl2N3O5S. The Kier molecular flexibility index (Phi) is 9.61. The zero-order valence-electron chi connectivity index (χ0n) is 19.8. The van der Waals surface area contributed by atoms with Crippen LogP contribution in [0.15, 0.2) is 36.4 Å². The molecule has 0 heterocycles. The fourth-order valence-electron chi connectivity index (χ4n) is 3.51. The van der Waals surface area contributed by atoms with E-state index in [1.165, 1.54) is 19.1 Å². The Bertz CT molecular complexity index is 1160. The SMILES string of the molecule is CC[C@H](C(=O)NC)N(Cc1ccc(Cl)c(Cl)c1)C(=O)CN(c1cc(C)ccc1OC)S(C)(=O)=O. The molecule has 34 heavy (non-hydrogen) atoms. The highest BCUT2D eigenvalue weighted by Gasteiger charge is 2.32. The van der Waals surface area contributed by atoms with Crippen molar-refractivity contribution in [1.29, 1.82) is 0 Å². The van der Waals surface area contributed by atoms with Crippen LogP contribution in [0.2, 0.25) is 10.0 Å². The Morgan fingerprint density at radius 1 is 1.12 bits per heavy atom. The number of nitrogens with one attached hydrogen (secondary N) is 1. The number of anilines is 1. The van der Waals surface area contributed by atoms with E-state index >= 15 is 0 Å². The molecule has 186 valence electrons.